The molecule has 1 aliphatic rings. The lowest BCUT2D eigenvalue weighted by Gasteiger charge is -2.45. The fraction of sp³-hybridized carbons (Fsp3) is 0.409. The molecule has 144 valence electrons. The zero-order chi connectivity index (χ0) is 19.4. The number of rotatable bonds is 6. The molecule has 0 N–H and O–H groups in total. The van der Waals surface area contributed by atoms with Gasteiger partial charge in [-0.05, 0) is 48.2 Å². The van der Waals surface area contributed by atoms with Crippen LogP contribution in [0.25, 0.3) is 0 Å². The average Bonchev–Trinajstić information content (AvgIpc) is 2.67. The van der Waals surface area contributed by atoms with Crippen LogP contribution in [-0.4, -0.2) is 23.5 Å². The van der Waals surface area contributed by atoms with Gasteiger partial charge in [-0.3, -0.25) is 4.79 Å². The van der Waals surface area contributed by atoms with Crippen LogP contribution in [0, 0.1) is 0 Å². The standard InChI is InChI=1S/C22H25Cl2NO2/c1-3-6-19(4-2)25-20(26)14-27-22(16-7-5-8-18(24)13-16)21(25)15-9-11-17(23)12-10-15/h5,7-13,19,21-22H,3-4,6,14H2,1-2H3/t19-,21-,22+/m0/s1. The summed E-state index contributed by atoms with van der Waals surface area (Å²) in [5, 5.41) is 1.34. The quantitative estimate of drug-likeness (QED) is 0.571. The number of carbonyl (C=O) groups is 1. The Morgan fingerprint density at radius 2 is 1.81 bits per heavy atom. The van der Waals surface area contributed by atoms with Crippen LogP contribution in [0.15, 0.2) is 48.5 Å². The van der Waals surface area contributed by atoms with Gasteiger partial charge in [0.05, 0.1) is 6.04 Å². The lowest BCUT2D eigenvalue weighted by Crippen LogP contribution is -2.50. The van der Waals surface area contributed by atoms with Crippen molar-refractivity contribution in [3.05, 3.63) is 69.7 Å². The van der Waals surface area contributed by atoms with Crippen LogP contribution in [0.1, 0.15) is 56.4 Å². The Hall–Kier alpha value is -1.55. The molecule has 2 aromatic rings. The molecule has 0 radical (unpaired) electrons. The monoisotopic (exact) mass is 405 g/mol. The molecule has 1 saturated heterocycles. The van der Waals surface area contributed by atoms with Crippen molar-refractivity contribution in [1.29, 1.82) is 0 Å². The third-order valence-electron chi connectivity index (χ3n) is 5.14. The van der Waals surface area contributed by atoms with Crippen molar-refractivity contribution in [2.45, 2.75) is 51.3 Å². The molecule has 1 amide bonds. The van der Waals surface area contributed by atoms with Gasteiger partial charge in [-0.1, -0.05) is 67.7 Å². The fourth-order valence-electron chi connectivity index (χ4n) is 3.89. The maximum absolute atomic E-state index is 12.9. The number of morpholine rings is 1. The van der Waals surface area contributed by atoms with Gasteiger partial charge in [0.2, 0.25) is 5.91 Å². The van der Waals surface area contributed by atoms with E-state index < -0.39 is 0 Å². The number of benzene rings is 2. The van der Waals surface area contributed by atoms with Crippen LogP contribution in [0.3, 0.4) is 0 Å². The molecule has 2 aromatic carbocycles. The van der Waals surface area contributed by atoms with Crippen LogP contribution in [0.5, 0.6) is 0 Å². The van der Waals surface area contributed by atoms with Gasteiger partial charge in [0.25, 0.3) is 0 Å². The highest BCUT2D eigenvalue weighted by molar-refractivity contribution is 6.30. The molecule has 1 heterocycles. The molecule has 0 bridgehead atoms. The van der Waals surface area contributed by atoms with Gasteiger partial charge in [0.15, 0.2) is 0 Å². The second-order valence-electron chi connectivity index (χ2n) is 6.93. The van der Waals surface area contributed by atoms with Crippen molar-refractivity contribution < 1.29 is 9.53 Å². The number of carbonyl (C=O) groups excluding carboxylic acids is 1. The van der Waals surface area contributed by atoms with E-state index in [4.69, 9.17) is 27.9 Å². The van der Waals surface area contributed by atoms with Crippen LogP contribution in [0.4, 0.5) is 0 Å². The third kappa shape index (κ3) is 4.48. The molecule has 5 heteroatoms. The SMILES string of the molecule is CCC[C@H](CC)N1C(=O)CO[C@H](c2cccc(Cl)c2)[C@@H]1c1ccc(Cl)cc1. The van der Waals surface area contributed by atoms with Crippen LogP contribution in [0.2, 0.25) is 10.0 Å². The molecule has 0 spiro atoms. The second kappa shape index (κ2) is 9.09. The summed E-state index contributed by atoms with van der Waals surface area (Å²) in [7, 11) is 0. The summed E-state index contributed by atoms with van der Waals surface area (Å²) >= 11 is 12.3. The van der Waals surface area contributed by atoms with E-state index in [2.05, 4.69) is 13.8 Å². The zero-order valence-electron chi connectivity index (χ0n) is 15.7. The van der Waals surface area contributed by atoms with E-state index in [-0.39, 0.29) is 30.7 Å². The van der Waals surface area contributed by atoms with Crippen molar-refractivity contribution in [3.63, 3.8) is 0 Å². The Bertz CT molecular complexity index is 778. The van der Waals surface area contributed by atoms with Gasteiger partial charge in [0.1, 0.15) is 12.7 Å². The molecule has 0 saturated carbocycles. The molecule has 1 aliphatic heterocycles. The lowest BCUT2D eigenvalue weighted by atomic mass is 9.90. The van der Waals surface area contributed by atoms with E-state index >= 15 is 0 Å². The molecule has 0 aromatic heterocycles. The molecule has 0 unspecified atom stereocenters. The summed E-state index contributed by atoms with van der Waals surface area (Å²) in [4.78, 5) is 14.9. The third-order valence-corrected chi connectivity index (χ3v) is 5.62. The van der Waals surface area contributed by atoms with Gasteiger partial charge in [-0.2, -0.15) is 0 Å². The smallest absolute Gasteiger partial charge is 0.249 e. The molecule has 3 nitrogen and oxygen atoms in total. The van der Waals surface area contributed by atoms with E-state index in [9.17, 15) is 4.79 Å². The summed E-state index contributed by atoms with van der Waals surface area (Å²) in [5.41, 5.74) is 2.00. The number of halogens is 2. The predicted octanol–water partition coefficient (Wildman–Crippen LogP) is 6.21. The van der Waals surface area contributed by atoms with Gasteiger partial charge in [-0.25, -0.2) is 0 Å². The Balaban J connectivity index is 2.08. The first-order valence-corrected chi connectivity index (χ1v) is 10.2. The van der Waals surface area contributed by atoms with Crippen LogP contribution < -0.4 is 0 Å². The predicted molar refractivity (Wildman–Crippen MR) is 110 cm³/mol. The number of ether oxygens (including phenoxy) is 1. The van der Waals surface area contributed by atoms with Gasteiger partial charge in [-0.15, -0.1) is 0 Å². The minimum Gasteiger partial charge on any atom is -0.361 e. The molecular formula is C22H25Cl2NO2. The van der Waals surface area contributed by atoms with Crippen molar-refractivity contribution in [1.82, 2.24) is 4.90 Å². The highest BCUT2D eigenvalue weighted by Crippen LogP contribution is 2.42. The lowest BCUT2D eigenvalue weighted by molar-refractivity contribution is -0.163. The molecule has 1 fully saturated rings. The first-order valence-electron chi connectivity index (χ1n) is 9.48. The van der Waals surface area contributed by atoms with E-state index in [1.54, 1.807) is 0 Å². The van der Waals surface area contributed by atoms with Crippen molar-refractivity contribution in [2.24, 2.45) is 0 Å². The Labute approximate surface area is 171 Å². The van der Waals surface area contributed by atoms with Crippen molar-refractivity contribution in [3.8, 4) is 0 Å². The summed E-state index contributed by atoms with van der Waals surface area (Å²) < 4.78 is 6.05. The largest absolute Gasteiger partial charge is 0.361 e. The minimum absolute atomic E-state index is 0.0357. The van der Waals surface area contributed by atoms with E-state index in [1.165, 1.54) is 0 Å². The highest BCUT2D eigenvalue weighted by Gasteiger charge is 2.41. The molecule has 0 aliphatic carbocycles. The highest BCUT2D eigenvalue weighted by atomic mass is 35.5. The summed E-state index contributed by atoms with van der Waals surface area (Å²) in [6.45, 7) is 4.37. The number of nitrogens with zero attached hydrogens (tertiary/aromatic N) is 1. The van der Waals surface area contributed by atoms with Gasteiger partial charge < -0.3 is 9.64 Å². The van der Waals surface area contributed by atoms with E-state index in [1.807, 2.05) is 53.4 Å². The molecule has 3 atom stereocenters. The van der Waals surface area contributed by atoms with Crippen LogP contribution in [-0.2, 0) is 9.53 Å². The minimum atomic E-state index is -0.270. The number of hydrogen-bond acceptors (Lipinski definition) is 2. The fourth-order valence-corrected chi connectivity index (χ4v) is 4.21. The average molecular weight is 406 g/mol. The summed E-state index contributed by atoms with van der Waals surface area (Å²) in [5.74, 6) is 0.0357. The molecule has 27 heavy (non-hydrogen) atoms. The molecule has 3 rings (SSSR count). The number of hydrogen-bond donors (Lipinski definition) is 0. The second-order valence-corrected chi connectivity index (χ2v) is 7.81. The van der Waals surface area contributed by atoms with E-state index in [0.29, 0.717) is 10.0 Å². The summed E-state index contributed by atoms with van der Waals surface area (Å²) in [6, 6.07) is 15.4. The van der Waals surface area contributed by atoms with Crippen molar-refractivity contribution >= 4 is 29.1 Å². The Morgan fingerprint density at radius 3 is 2.44 bits per heavy atom. The first kappa shape index (κ1) is 20.2. The Kier molecular flexibility index (Phi) is 6.80. The maximum atomic E-state index is 12.9. The number of amides is 1. The van der Waals surface area contributed by atoms with Crippen molar-refractivity contribution in [2.75, 3.05) is 6.61 Å². The van der Waals surface area contributed by atoms with Crippen LogP contribution >= 0.6 is 23.2 Å². The first-order chi connectivity index (χ1) is 13.0. The Morgan fingerprint density at radius 1 is 1.07 bits per heavy atom. The topological polar surface area (TPSA) is 29.5 Å². The normalized spacial score (nSPS) is 21.3. The summed E-state index contributed by atoms with van der Waals surface area (Å²) in [6.07, 6.45) is 2.63. The van der Waals surface area contributed by atoms with E-state index in [0.717, 1.165) is 30.4 Å². The maximum Gasteiger partial charge on any atom is 0.249 e. The van der Waals surface area contributed by atoms with Gasteiger partial charge in [0, 0.05) is 16.1 Å². The zero-order valence-corrected chi connectivity index (χ0v) is 17.2. The molecular weight excluding hydrogens is 381 g/mol. The van der Waals surface area contributed by atoms with Gasteiger partial charge >= 0.3 is 0 Å².